The zero-order chi connectivity index (χ0) is 14.9. The molecular weight excluding hydrogens is 272 g/mol. The largest absolute Gasteiger partial charge is 0.487 e. The maximum Gasteiger partial charge on any atom is 0.138 e. The second-order valence-electron chi connectivity index (χ2n) is 6.54. The Morgan fingerprint density at radius 1 is 1.05 bits per heavy atom. The third-order valence-electron chi connectivity index (χ3n) is 4.97. The van der Waals surface area contributed by atoms with Gasteiger partial charge >= 0.3 is 0 Å². The Morgan fingerprint density at radius 3 is 2.41 bits per heavy atom. The molecule has 1 aromatic carbocycles. The van der Waals surface area contributed by atoms with Crippen LogP contribution in [-0.2, 0) is 0 Å². The lowest BCUT2D eigenvalue weighted by Gasteiger charge is -2.44. The smallest absolute Gasteiger partial charge is 0.138 e. The Labute approximate surface area is 131 Å². The molecule has 3 heteroatoms. The fraction of sp³-hybridized carbons (Fsp3) is 0.421. The Balaban J connectivity index is 1.46. The van der Waals surface area contributed by atoms with Gasteiger partial charge in [-0.1, -0.05) is 29.8 Å². The average Bonchev–Trinajstić information content (AvgIpc) is 2.58. The molecular formula is C19H22N2O. The molecule has 0 saturated carbocycles. The molecule has 0 N–H and O–H groups in total. The van der Waals surface area contributed by atoms with Crippen LogP contribution in [0.4, 0.5) is 0 Å². The minimum Gasteiger partial charge on any atom is -0.487 e. The fourth-order valence-corrected chi connectivity index (χ4v) is 3.56. The number of nitrogens with zero attached hydrogens (tertiary/aromatic N) is 2. The standard InChI is InChI=1S/C19H22N2O/c1-14-2-4-15(5-3-14)18-7-6-17(12-20-18)22-19-13-21-10-8-16(19)9-11-21/h2-7,12,16,19H,8-11,13H2,1H3/t19-/m1/s1. The number of fused-ring (bicyclic) bond motifs is 3. The minimum absolute atomic E-state index is 0.342. The molecule has 0 radical (unpaired) electrons. The van der Waals surface area contributed by atoms with Crippen LogP contribution in [-0.4, -0.2) is 35.6 Å². The van der Waals surface area contributed by atoms with Crippen molar-refractivity contribution in [3.8, 4) is 17.0 Å². The molecule has 3 fully saturated rings. The highest BCUT2D eigenvalue weighted by Gasteiger charge is 2.35. The zero-order valence-corrected chi connectivity index (χ0v) is 13.0. The summed E-state index contributed by atoms with van der Waals surface area (Å²) in [6.45, 7) is 5.66. The maximum absolute atomic E-state index is 6.20. The molecule has 2 aromatic rings. The van der Waals surface area contributed by atoms with Crippen LogP contribution in [0.15, 0.2) is 42.6 Å². The van der Waals surface area contributed by atoms with Gasteiger partial charge in [0.25, 0.3) is 0 Å². The van der Waals surface area contributed by atoms with Crippen molar-refractivity contribution in [3.05, 3.63) is 48.2 Å². The van der Waals surface area contributed by atoms with Crippen molar-refractivity contribution in [3.63, 3.8) is 0 Å². The van der Waals surface area contributed by atoms with E-state index in [0.717, 1.165) is 29.5 Å². The van der Waals surface area contributed by atoms with Crippen molar-refractivity contribution in [2.75, 3.05) is 19.6 Å². The van der Waals surface area contributed by atoms with Gasteiger partial charge in [-0.05, 0) is 50.9 Å². The van der Waals surface area contributed by atoms with Gasteiger partial charge in [-0.15, -0.1) is 0 Å². The summed E-state index contributed by atoms with van der Waals surface area (Å²) < 4.78 is 6.20. The lowest BCUT2D eigenvalue weighted by atomic mass is 9.86. The highest BCUT2D eigenvalue weighted by atomic mass is 16.5. The summed E-state index contributed by atoms with van der Waals surface area (Å²) >= 11 is 0. The lowest BCUT2D eigenvalue weighted by molar-refractivity contribution is -0.00791. The van der Waals surface area contributed by atoms with Gasteiger partial charge in [0.15, 0.2) is 0 Å². The SMILES string of the molecule is Cc1ccc(-c2ccc(O[C@@H]3CN4CCC3CC4)cn2)cc1. The molecule has 3 nitrogen and oxygen atoms in total. The number of aromatic nitrogens is 1. The van der Waals surface area contributed by atoms with Crippen molar-refractivity contribution in [1.82, 2.24) is 9.88 Å². The molecule has 1 aromatic heterocycles. The van der Waals surface area contributed by atoms with Crippen molar-refractivity contribution >= 4 is 0 Å². The molecule has 0 spiro atoms. The molecule has 3 saturated heterocycles. The summed E-state index contributed by atoms with van der Waals surface area (Å²) in [5, 5.41) is 0. The second-order valence-corrected chi connectivity index (χ2v) is 6.54. The molecule has 0 amide bonds. The van der Waals surface area contributed by atoms with Gasteiger partial charge in [0, 0.05) is 12.1 Å². The first-order valence-electron chi connectivity index (χ1n) is 8.20. The van der Waals surface area contributed by atoms with Gasteiger partial charge in [-0.2, -0.15) is 0 Å². The van der Waals surface area contributed by atoms with Crippen LogP contribution >= 0.6 is 0 Å². The number of piperidine rings is 3. The lowest BCUT2D eigenvalue weighted by Crippen LogP contribution is -2.52. The predicted molar refractivity (Wildman–Crippen MR) is 88.0 cm³/mol. The summed E-state index contributed by atoms with van der Waals surface area (Å²) in [5.41, 5.74) is 3.42. The monoisotopic (exact) mass is 294 g/mol. The van der Waals surface area contributed by atoms with Gasteiger partial charge < -0.3 is 4.74 Å². The van der Waals surface area contributed by atoms with Gasteiger partial charge in [-0.25, -0.2) is 0 Å². The highest BCUT2D eigenvalue weighted by Crippen LogP contribution is 2.31. The quantitative estimate of drug-likeness (QED) is 0.866. The Bertz CT molecular complexity index is 627. The van der Waals surface area contributed by atoms with Crippen LogP contribution < -0.4 is 4.74 Å². The first kappa shape index (κ1) is 13.8. The molecule has 2 bridgehead atoms. The normalized spacial score (nSPS) is 26.9. The molecule has 0 unspecified atom stereocenters. The van der Waals surface area contributed by atoms with E-state index >= 15 is 0 Å². The van der Waals surface area contributed by atoms with E-state index in [9.17, 15) is 0 Å². The summed E-state index contributed by atoms with van der Waals surface area (Å²) in [7, 11) is 0. The Morgan fingerprint density at radius 2 is 1.82 bits per heavy atom. The maximum atomic E-state index is 6.20. The summed E-state index contributed by atoms with van der Waals surface area (Å²) in [6.07, 6.45) is 4.76. The molecule has 4 heterocycles. The van der Waals surface area contributed by atoms with Gasteiger partial charge in [0.1, 0.15) is 11.9 Å². The molecule has 3 aliphatic heterocycles. The van der Waals surface area contributed by atoms with E-state index < -0.39 is 0 Å². The van der Waals surface area contributed by atoms with Crippen LogP contribution in [0.2, 0.25) is 0 Å². The van der Waals surface area contributed by atoms with Crippen LogP contribution in [0, 0.1) is 12.8 Å². The number of ether oxygens (including phenoxy) is 1. The average molecular weight is 294 g/mol. The van der Waals surface area contributed by atoms with E-state index in [1.54, 1.807) is 0 Å². The number of hydrogen-bond acceptors (Lipinski definition) is 3. The molecule has 3 aliphatic rings. The van der Waals surface area contributed by atoms with Crippen LogP contribution in [0.5, 0.6) is 5.75 Å². The van der Waals surface area contributed by atoms with Crippen molar-refractivity contribution in [1.29, 1.82) is 0 Å². The number of rotatable bonds is 3. The highest BCUT2D eigenvalue weighted by molar-refractivity contribution is 5.59. The second kappa shape index (κ2) is 5.73. The summed E-state index contributed by atoms with van der Waals surface area (Å²) in [5.74, 6) is 1.62. The number of aryl methyl sites for hydroxylation is 1. The predicted octanol–water partition coefficient (Wildman–Crippen LogP) is 3.53. The Hall–Kier alpha value is -1.87. The summed E-state index contributed by atoms with van der Waals surface area (Å²) in [6, 6.07) is 12.6. The van der Waals surface area contributed by atoms with Crippen LogP contribution in [0.25, 0.3) is 11.3 Å². The molecule has 5 rings (SSSR count). The van der Waals surface area contributed by atoms with E-state index in [1.807, 2.05) is 6.20 Å². The van der Waals surface area contributed by atoms with E-state index in [1.165, 1.54) is 31.5 Å². The molecule has 22 heavy (non-hydrogen) atoms. The third-order valence-corrected chi connectivity index (χ3v) is 4.97. The fourth-order valence-electron chi connectivity index (χ4n) is 3.56. The first-order valence-corrected chi connectivity index (χ1v) is 8.20. The van der Waals surface area contributed by atoms with Crippen molar-refractivity contribution < 1.29 is 4.74 Å². The van der Waals surface area contributed by atoms with E-state index in [4.69, 9.17) is 4.74 Å². The van der Waals surface area contributed by atoms with Gasteiger partial charge in [-0.3, -0.25) is 9.88 Å². The summed E-state index contributed by atoms with van der Waals surface area (Å²) in [4.78, 5) is 7.08. The number of benzene rings is 1. The molecule has 0 aliphatic carbocycles. The first-order chi connectivity index (χ1) is 10.8. The van der Waals surface area contributed by atoms with E-state index in [0.29, 0.717) is 6.10 Å². The van der Waals surface area contributed by atoms with Gasteiger partial charge in [0.05, 0.1) is 11.9 Å². The molecule has 1 atom stereocenters. The van der Waals surface area contributed by atoms with Gasteiger partial charge in [0.2, 0.25) is 0 Å². The van der Waals surface area contributed by atoms with Crippen LogP contribution in [0.1, 0.15) is 18.4 Å². The molecule has 114 valence electrons. The topological polar surface area (TPSA) is 25.4 Å². The van der Waals surface area contributed by atoms with Crippen molar-refractivity contribution in [2.45, 2.75) is 25.9 Å². The minimum atomic E-state index is 0.342. The zero-order valence-electron chi connectivity index (χ0n) is 13.0. The Kier molecular flexibility index (Phi) is 3.59. The number of hydrogen-bond donors (Lipinski definition) is 0. The van der Waals surface area contributed by atoms with E-state index in [2.05, 4.69) is 53.2 Å². The van der Waals surface area contributed by atoms with Crippen molar-refractivity contribution in [2.24, 2.45) is 5.92 Å². The van der Waals surface area contributed by atoms with Crippen LogP contribution in [0.3, 0.4) is 0 Å². The number of pyridine rings is 1. The third kappa shape index (κ3) is 2.73. The van der Waals surface area contributed by atoms with E-state index in [-0.39, 0.29) is 0 Å².